The average Bonchev–Trinajstić information content (AvgIpc) is 3.06. The number of benzene rings is 2. The molecule has 0 aliphatic rings. The molecule has 0 saturated heterocycles. The van der Waals surface area contributed by atoms with Crippen molar-refractivity contribution in [2.24, 2.45) is 10.9 Å². The van der Waals surface area contributed by atoms with Crippen LogP contribution in [0.2, 0.25) is 0 Å². The number of nitrogens with two attached hydrogens (primary N) is 2. The molecule has 3 rings (SSSR count). The van der Waals surface area contributed by atoms with Gasteiger partial charge in [-0.15, -0.1) is 0 Å². The van der Waals surface area contributed by atoms with Gasteiger partial charge in [-0.25, -0.2) is 22.9 Å². The number of rotatable bonds is 4. The molecule has 0 unspecified atom stereocenters. The predicted molar refractivity (Wildman–Crippen MR) is 93.2 cm³/mol. The first-order chi connectivity index (χ1) is 13.0. The molecule has 2 aromatic carbocycles. The van der Waals surface area contributed by atoms with Gasteiger partial charge in [0.05, 0.1) is 4.90 Å². The Hall–Kier alpha value is -2.76. The second-order valence-corrected chi connectivity index (χ2v) is 7.47. The molecule has 0 aliphatic heterocycles. The van der Waals surface area contributed by atoms with Gasteiger partial charge >= 0.3 is 6.18 Å². The number of primary sulfonamides is 1. The summed E-state index contributed by atoms with van der Waals surface area (Å²) in [5.74, 6) is -0.851. The Kier molecular flexibility index (Phi) is 5.00. The Morgan fingerprint density at radius 3 is 2.25 bits per heavy atom. The van der Waals surface area contributed by atoms with Crippen LogP contribution in [0.15, 0.2) is 53.6 Å². The lowest BCUT2D eigenvalue weighted by atomic mass is 10.1. The van der Waals surface area contributed by atoms with Gasteiger partial charge in [0.2, 0.25) is 10.0 Å². The van der Waals surface area contributed by atoms with Gasteiger partial charge in [0.25, 0.3) is 0 Å². The summed E-state index contributed by atoms with van der Waals surface area (Å²) in [6.07, 6.45) is -3.99. The molecule has 148 valence electrons. The smallest absolute Gasteiger partial charge is 0.326 e. The molecule has 1 aromatic heterocycles. The highest BCUT2D eigenvalue weighted by atomic mass is 32.2. The molecular weight excluding hydrogens is 400 g/mol. The molecule has 0 spiro atoms. The van der Waals surface area contributed by atoms with E-state index < -0.39 is 27.7 Å². The number of alkyl halides is 3. The van der Waals surface area contributed by atoms with Gasteiger partial charge in [0.15, 0.2) is 5.69 Å². The lowest BCUT2D eigenvalue weighted by Gasteiger charge is -2.10. The van der Waals surface area contributed by atoms with Crippen LogP contribution in [0.25, 0.3) is 17.1 Å². The number of imidazole rings is 1. The fourth-order valence-electron chi connectivity index (χ4n) is 2.61. The van der Waals surface area contributed by atoms with Gasteiger partial charge in [-0.1, -0.05) is 0 Å². The maximum Gasteiger partial charge on any atom is 0.434 e. The molecule has 0 amide bonds. The second kappa shape index (κ2) is 7.00. The maximum atomic E-state index is 13.9. The van der Waals surface area contributed by atoms with E-state index in [2.05, 4.69) is 4.98 Å². The minimum atomic E-state index is -4.73. The lowest BCUT2D eigenvalue weighted by molar-refractivity contribution is -0.140. The summed E-state index contributed by atoms with van der Waals surface area (Å²) in [4.78, 5) is 3.40. The summed E-state index contributed by atoms with van der Waals surface area (Å²) >= 11 is 0. The molecule has 6 nitrogen and oxygen atoms in total. The summed E-state index contributed by atoms with van der Waals surface area (Å²) < 4.78 is 77.3. The van der Waals surface area contributed by atoms with Crippen LogP contribution in [0.5, 0.6) is 0 Å². The molecule has 0 bridgehead atoms. The maximum absolute atomic E-state index is 13.9. The molecule has 0 radical (unpaired) electrons. The van der Waals surface area contributed by atoms with E-state index in [9.17, 15) is 26.0 Å². The van der Waals surface area contributed by atoms with Gasteiger partial charge in [0, 0.05) is 24.0 Å². The van der Waals surface area contributed by atoms with E-state index in [1.54, 1.807) is 0 Å². The van der Waals surface area contributed by atoms with Crippen molar-refractivity contribution in [1.29, 1.82) is 0 Å². The Bertz CT molecular complexity index is 1120. The van der Waals surface area contributed by atoms with Crippen molar-refractivity contribution in [3.63, 3.8) is 0 Å². The molecule has 0 atom stereocenters. The largest absolute Gasteiger partial charge is 0.434 e. The van der Waals surface area contributed by atoms with E-state index >= 15 is 0 Å². The molecular formula is C17H14F4N4O2S. The van der Waals surface area contributed by atoms with Gasteiger partial charge < -0.3 is 5.73 Å². The zero-order valence-corrected chi connectivity index (χ0v) is 14.9. The van der Waals surface area contributed by atoms with Crippen molar-refractivity contribution in [3.8, 4) is 17.1 Å². The van der Waals surface area contributed by atoms with Gasteiger partial charge in [-0.05, 0) is 48.0 Å². The van der Waals surface area contributed by atoms with Crippen molar-refractivity contribution in [2.45, 2.75) is 17.6 Å². The Morgan fingerprint density at radius 2 is 1.71 bits per heavy atom. The second-order valence-electron chi connectivity index (χ2n) is 5.91. The molecule has 11 heteroatoms. The third kappa shape index (κ3) is 4.06. The van der Waals surface area contributed by atoms with Crippen molar-refractivity contribution >= 4 is 10.0 Å². The highest BCUT2D eigenvalue weighted by molar-refractivity contribution is 7.89. The monoisotopic (exact) mass is 414 g/mol. The quantitative estimate of drug-likeness (QED) is 0.641. The van der Waals surface area contributed by atoms with Crippen molar-refractivity contribution in [1.82, 2.24) is 9.55 Å². The number of hydrogen-bond donors (Lipinski definition) is 2. The van der Waals surface area contributed by atoms with Crippen LogP contribution in [0.3, 0.4) is 0 Å². The summed E-state index contributed by atoms with van der Waals surface area (Å²) in [6.45, 7) is -0.0132. The Balaban J connectivity index is 2.21. The summed E-state index contributed by atoms with van der Waals surface area (Å²) in [7, 11) is -3.97. The summed E-state index contributed by atoms with van der Waals surface area (Å²) in [6, 6.07) is 8.49. The van der Waals surface area contributed by atoms with Crippen LogP contribution in [0, 0.1) is 5.82 Å². The molecule has 3 aromatic rings. The fraction of sp³-hybridized carbons (Fsp3) is 0.118. The number of halogens is 4. The fourth-order valence-corrected chi connectivity index (χ4v) is 3.13. The van der Waals surface area contributed by atoms with E-state index in [1.807, 2.05) is 0 Å². The van der Waals surface area contributed by atoms with Crippen LogP contribution in [0.1, 0.15) is 11.3 Å². The standard InChI is InChI=1S/C17H14F4N4O2S/c18-12-6-10(8-22)5-11(7-12)16-24-15(17(19,20)21)9-25(16)13-1-3-14(4-2-13)28(23,26)27/h1-7,9H,8,22H2,(H2,23,26,27). The molecule has 0 aliphatic carbocycles. The Labute approximate surface area is 157 Å². The van der Waals surface area contributed by atoms with Gasteiger partial charge in [0.1, 0.15) is 11.6 Å². The van der Waals surface area contributed by atoms with E-state index in [1.165, 1.54) is 24.3 Å². The average molecular weight is 414 g/mol. The van der Waals surface area contributed by atoms with Crippen molar-refractivity contribution < 1.29 is 26.0 Å². The number of nitrogens with zero attached hydrogens (tertiary/aromatic N) is 2. The predicted octanol–water partition coefficient (Wildman–Crippen LogP) is 2.80. The van der Waals surface area contributed by atoms with Crippen LogP contribution in [-0.2, 0) is 22.7 Å². The first-order valence-corrected chi connectivity index (χ1v) is 9.33. The Morgan fingerprint density at radius 1 is 1.07 bits per heavy atom. The van der Waals surface area contributed by atoms with Crippen LogP contribution in [-0.4, -0.2) is 18.0 Å². The molecule has 28 heavy (non-hydrogen) atoms. The molecule has 4 N–H and O–H groups in total. The SMILES string of the molecule is NCc1cc(F)cc(-c2nc(C(F)(F)F)cn2-c2ccc(S(N)(=O)=O)cc2)c1. The number of sulfonamides is 1. The van der Waals surface area contributed by atoms with E-state index in [0.29, 0.717) is 5.56 Å². The first-order valence-electron chi connectivity index (χ1n) is 7.79. The van der Waals surface area contributed by atoms with Crippen molar-refractivity contribution in [2.75, 3.05) is 0 Å². The number of aromatic nitrogens is 2. The van der Waals surface area contributed by atoms with Crippen LogP contribution >= 0.6 is 0 Å². The van der Waals surface area contributed by atoms with Crippen LogP contribution in [0.4, 0.5) is 17.6 Å². The van der Waals surface area contributed by atoms with Gasteiger partial charge in [-0.3, -0.25) is 4.57 Å². The minimum Gasteiger partial charge on any atom is -0.326 e. The van der Waals surface area contributed by atoms with Crippen LogP contribution < -0.4 is 10.9 Å². The summed E-state index contributed by atoms with van der Waals surface area (Å²) in [5.41, 5.74) is 4.97. The normalized spacial score (nSPS) is 12.4. The zero-order valence-electron chi connectivity index (χ0n) is 14.1. The molecule has 1 heterocycles. The topological polar surface area (TPSA) is 104 Å². The highest BCUT2D eigenvalue weighted by Crippen LogP contribution is 2.33. The molecule has 0 fully saturated rings. The van der Waals surface area contributed by atoms with E-state index in [-0.39, 0.29) is 28.5 Å². The first kappa shape index (κ1) is 20.0. The zero-order chi connectivity index (χ0) is 20.7. The lowest BCUT2D eigenvalue weighted by Crippen LogP contribution is -2.12. The third-order valence-electron chi connectivity index (χ3n) is 3.89. The van der Waals surface area contributed by atoms with E-state index in [4.69, 9.17) is 10.9 Å². The molecule has 0 saturated carbocycles. The third-order valence-corrected chi connectivity index (χ3v) is 4.82. The minimum absolute atomic E-state index is 0.0132. The van der Waals surface area contributed by atoms with Gasteiger partial charge in [-0.2, -0.15) is 13.2 Å². The summed E-state index contributed by atoms with van der Waals surface area (Å²) in [5, 5.41) is 5.03. The highest BCUT2D eigenvalue weighted by Gasteiger charge is 2.35. The van der Waals surface area contributed by atoms with E-state index in [0.717, 1.165) is 29.0 Å². The number of hydrogen-bond acceptors (Lipinski definition) is 4. The van der Waals surface area contributed by atoms with Crippen molar-refractivity contribution in [3.05, 3.63) is 65.7 Å².